The van der Waals surface area contributed by atoms with E-state index in [9.17, 15) is 19.8 Å². The van der Waals surface area contributed by atoms with Crippen molar-refractivity contribution in [2.45, 2.75) is 103 Å². The van der Waals surface area contributed by atoms with E-state index in [0.717, 1.165) is 25.7 Å². The molecule has 1 unspecified atom stereocenters. The van der Waals surface area contributed by atoms with Gasteiger partial charge in [-0.3, -0.25) is 4.79 Å². The molecule has 30 heavy (non-hydrogen) atoms. The molecule has 0 spiro atoms. The quantitative estimate of drug-likeness (QED) is 0.256. The molecular formula is C23H48ClNO5. The Hall–Kier alpha value is -0.850. The number of likely N-dealkylation sites (N-methyl/N-ethyl adjacent to an activating group) is 1. The van der Waals surface area contributed by atoms with Crippen LogP contribution in [0.3, 0.4) is 0 Å². The predicted octanol–water partition coefficient (Wildman–Crippen LogP) is 4.02. The first-order chi connectivity index (χ1) is 13.5. The summed E-state index contributed by atoms with van der Waals surface area (Å²) in [7, 11) is 5.66. The number of hydrogen-bond acceptors (Lipinski definition) is 4. The van der Waals surface area contributed by atoms with E-state index in [0.29, 0.717) is 11.0 Å². The van der Waals surface area contributed by atoms with Gasteiger partial charge in [0, 0.05) is 12.4 Å². The third kappa shape index (κ3) is 27.1. The van der Waals surface area contributed by atoms with E-state index in [2.05, 4.69) is 13.8 Å². The maximum atomic E-state index is 11.1. The van der Waals surface area contributed by atoms with Crippen LogP contribution in [0.4, 0.5) is 0 Å². The van der Waals surface area contributed by atoms with Crippen LogP contribution < -0.4 is 5.11 Å². The van der Waals surface area contributed by atoms with Gasteiger partial charge >= 0.3 is 5.97 Å². The van der Waals surface area contributed by atoms with Crippen LogP contribution in [-0.2, 0) is 9.59 Å². The standard InChI is InChI=1S/C16H32O2.C7H15NO3.ClH/c1-3-5-7-9-10-12-14-15(16(17)18)13-11-8-6-4-2;1-8(2,3)5-6(9)4-7(10)11;/h15H,3-14H2,1-2H3,(H,17,18);6,9H,4-5H2,1-3H3;1H/t;6-;/m.1./s1. The van der Waals surface area contributed by atoms with Crippen molar-refractivity contribution < 1.29 is 29.4 Å². The van der Waals surface area contributed by atoms with Gasteiger partial charge in [0.05, 0.1) is 27.1 Å². The summed E-state index contributed by atoms with van der Waals surface area (Å²) in [5, 5.41) is 28.3. The molecule has 0 aliphatic rings. The third-order valence-corrected chi connectivity index (χ3v) is 4.82. The fraction of sp³-hybridized carbons (Fsp3) is 0.913. The number of carboxylic acids is 2. The van der Waals surface area contributed by atoms with E-state index in [1.54, 1.807) is 0 Å². The summed E-state index contributed by atoms with van der Waals surface area (Å²) < 4.78 is 0.550. The first-order valence-corrected chi connectivity index (χ1v) is 11.4. The normalized spacial score (nSPS) is 12.9. The van der Waals surface area contributed by atoms with Gasteiger partial charge in [-0.05, 0) is 12.8 Å². The number of quaternary nitrogens is 1. The Bertz CT molecular complexity index is 413. The minimum absolute atomic E-state index is 0. The van der Waals surface area contributed by atoms with E-state index in [1.165, 1.54) is 51.4 Å². The zero-order valence-corrected chi connectivity index (χ0v) is 20.8. The lowest BCUT2D eigenvalue weighted by Gasteiger charge is -2.26. The number of rotatable bonds is 17. The van der Waals surface area contributed by atoms with E-state index >= 15 is 0 Å². The maximum absolute atomic E-state index is 11.1. The third-order valence-electron chi connectivity index (χ3n) is 4.82. The Morgan fingerprint density at radius 2 is 1.23 bits per heavy atom. The van der Waals surface area contributed by atoms with E-state index < -0.39 is 18.0 Å². The zero-order chi connectivity index (χ0) is 22.7. The van der Waals surface area contributed by atoms with Crippen molar-refractivity contribution in [2.24, 2.45) is 5.92 Å². The van der Waals surface area contributed by atoms with Crippen LogP contribution in [-0.4, -0.2) is 60.4 Å². The van der Waals surface area contributed by atoms with Gasteiger partial charge in [0.1, 0.15) is 12.6 Å². The topological polar surface area (TPSA) is 97.7 Å². The molecule has 0 aliphatic carbocycles. The number of carbonyl (C=O) groups is 2. The van der Waals surface area contributed by atoms with Crippen molar-refractivity contribution in [1.29, 1.82) is 0 Å². The zero-order valence-electron chi connectivity index (χ0n) is 20.0. The minimum atomic E-state index is -1.20. The summed E-state index contributed by atoms with van der Waals surface area (Å²) in [5.41, 5.74) is 0. The Balaban J connectivity index is -0.000000525. The van der Waals surface area contributed by atoms with E-state index in [1.807, 2.05) is 21.1 Å². The molecule has 0 radical (unpaired) electrons. The van der Waals surface area contributed by atoms with Crippen LogP contribution in [0.15, 0.2) is 0 Å². The second-order valence-electron chi connectivity index (χ2n) is 9.14. The summed E-state index contributed by atoms with van der Waals surface area (Å²) in [6.07, 6.45) is 12.9. The second-order valence-corrected chi connectivity index (χ2v) is 9.14. The maximum Gasteiger partial charge on any atom is 0.306 e. The SMILES string of the molecule is CCCCCCCCC(CCCCCC)C(=O)O.C[N+](C)(C)C[C@H](O)CC(=O)[O-].Cl. The predicted molar refractivity (Wildman–Crippen MR) is 124 cm³/mol. The molecule has 7 heteroatoms. The first kappa shape index (κ1) is 33.8. The van der Waals surface area contributed by atoms with Gasteiger partial charge in [0.2, 0.25) is 0 Å². The van der Waals surface area contributed by atoms with Crippen LogP contribution >= 0.6 is 12.4 Å². The van der Waals surface area contributed by atoms with Gasteiger partial charge < -0.3 is 24.6 Å². The van der Waals surface area contributed by atoms with Crippen LogP contribution in [0.2, 0.25) is 0 Å². The van der Waals surface area contributed by atoms with E-state index in [-0.39, 0.29) is 24.7 Å². The van der Waals surface area contributed by atoms with Crippen molar-refractivity contribution >= 4 is 24.3 Å². The number of hydrogen-bond donors (Lipinski definition) is 2. The molecule has 0 aliphatic heterocycles. The monoisotopic (exact) mass is 453 g/mol. The summed E-state index contributed by atoms with van der Waals surface area (Å²) in [4.78, 5) is 21.1. The van der Waals surface area contributed by atoms with Crippen molar-refractivity contribution in [1.82, 2.24) is 0 Å². The Morgan fingerprint density at radius 1 is 0.833 bits per heavy atom. The molecule has 0 fully saturated rings. The van der Waals surface area contributed by atoms with Gasteiger partial charge in [-0.25, -0.2) is 0 Å². The highest BCUT2D eigenvalue weighted by Gasteiger charge is 2.16. The molecule has 0 aromatic rings. The molecule has 0 saturated carbocycles. The van der Waals surface area contributed by atoms with Crippen LogP contribution in [0.1, 0.15) is 97.3 Å². The Kier molecular flexibility index (Phi) is 24.1. The lowest BCUT2D eigenvalue weighted by molar-refractivity contribution is -0.873. The van der Waals surface area contributed by atoms with Crippen LogP contribution in [0.25, 0.3) is 0 Å². The molecule has 0 bridgehead atoms. The highest BCUT2D eigenvalue weighted by Crippen LogP contribution is 2.19. The van der Waals surface area contributed by atoms with Gasteiger partial charge in [-0.15, -0.1) is 12.4 Å². The Labute approximate surface area is 191 Å². The van der Waals surface area contributed by atoms with Gasteiger partial charge in [-0.1, -0.05) is 78.1 Å². The van der Waals surface area contributed by atoms with Crippen LogP contribution in [0, 0.1) is 5.92 Å². The molecule has 0 rings (SSSR count). The smallest absolute Gasteiger partial charge is 0.306 e. The molecule has 0 saturated heterocycles. The van der Waals surface area contributed by atoms with Crippen molar-refractivity contribution in [2.75, 3.05) is 27.7 Å². The molecule has 0 aromatic heterocycles. The first-order valence-electron chi connectivity index (χ1n) is 11.4. The number of aliphatic hydroxyl groups is 1. The van der Waals surface area contributed by atoms with Crippen molar-refractivity contribution in [3.05, 3.63) is 0 Å². The van der Waals surface area contributed by atoms with Crippen molar-refractivity contribution in [3.8, 4) is 0 Å². The Morgan fingerprint density at radius 3 is 1.60 bits per heavy atom. The summed E-state index contributed by atoms with van der Waals surface area (Å²) >= 11 is 0. The molecule has 2 N–H and O–H groups in total. The van der Waals surface area contributed by atoms with Crippen molar-refractivity contribution in [3.63, 3.8) is 0 Å². The van der Waals surface area contributed by atoms with Crippen LogP contribution in [0.5, 0.6) is 0 Å². The molecule has 2 atom stereocenters. The summed E-state index contributed by atoms with van der Waals surface area (Å²) in [6, 6.07) is 0. The van der Waals surface area contributed by atoms with Gasteiger partial charge in [-0.2, -0.15) is 0 Å². The highest BCUT2D eigenvalue weighted by molar-refractivity contribution is 5.85. The fourth-order valence-electron chi connectivity index (χ4n) is 3.27. The molecule has 6 nitrogen and oxygen atoms in total. The fourth-order valence-corrected chi connectivity index (χ4v) is 3.27. The molecular weight excluding hydrogens is 406 g/mol. The van der Waals surface area contributed by atoms with Gasteiger partial charge in [0.15, 0.2) is 0 Å². The van der Waals surface area contributed by atoms with Gasteiger partial charge in [0.25, 0.3) is 0 Å². The average Bonchev–Trinajstić information content (AvgIpc) is 2.57. The summed E-state index contributed by atoms with van der Waals surface area (Å²) in [6.45, 7) is 4.83. The average molecular weight is 454 g/mol. The lowest BCUT2D eigenvalue weighted by Crippen LogP contribution is -2.43. The number of unbranched alkanes of at least 4 members (excludes halogenated alkanes) is 8. The number of nitrogens with zero attached hydrogens (tertiary/aromatic N) is 1. The highest BCUT2D eigenvalue weighted by atomic mass is 35.5. The number of halogens is 1. The molecule has 0 amide bonds. The minimum Gasteiger partial charge on any atom is -0.550 e. The number of carboxylic acid groups (broad SMARTS) is 2. The number of aliphatic hydroxyl groups excluding tert-OH is 1. The molecule has 0 heterocycles. The summed E-state index contributed by atoms with van der Waals surface area (Å²) in [5.74, 6) is -1.88. The second kappa shape index (κ2) is 21.4. The van der Waals surface area contributed by atoms with E-state index in [4.69, 9.17) is 5.11 Å². The molecule has 182 valence electrons. The largest absolute Gasteiger partial charge is 0.550 e. The molecule has 0 aromatic carbocycles. The number of aliphatic carboxylic acids is 2. The lowest BCUT2D eigenvalue weighted by atomic mass is 9.94. The number of carbonyl (C=O) groups excluding carboxylic acids is 1.